The standard InChI is InChI=1S/C49H58N8O8S/c1-30(2)36-7-4-5-8-37(36)40-9-6-20-56(40)34-26-49(27-34)17-21-55(22-18-49)33-10-11-38(42(24-33)65-35-23-32-14-19-50-45(32)51-28-35)46(58)54-66(62,63)43-25-41(57(60)61)44-47(53-43)64-29-39(52-44)31-12-15-48(3,59)16-13-31/h4-5,7-8,10-11,14,19,23-25,28,30-31,34,39-40,52,59H,6,9,12-13,15-18,20-22,26-27,29H2,1-3H3,(H,50,51)(H,54,58)/t31-,39-,40-,48+/m1/s1. The monoisotopic (exact) mass is 918 g/mol. The summed E-state index contributed by atoms with van der Waals surface area (Å²) in [5, 5.41) is 26.0. The van der Waals surface area contributed by atoms with Gasteiger partial charge >= 0.3 is 5.69 Å². The van der Waals surface area contributed by atoms with Gasteiger partial charge in [-0.1, -0.05) is 38.1 Å². The number of benzene rings is 2. The molecule has 0 unspecified atom stereocenters. The van der Waals surface area contributed by atoms with E-state index in [4.69, 9.17) is 9.47 Å². The number of carbonyl (C=O) groups is 1. The fraction of sp³-hybridized carbons (Fsp3) is 0.490. The first-order chi connectivity index (χ1) is 31.6. The van der Waals surface area contributed by atoms with Crippen LogP contribution in [0, 0.1) is 21.4 Å². The summed E-state index contributed by atoms with van der Waals surface area (Å²) >= 11 is 0. The van der Waals surface area contributed by atoms with Crippen molar-refractivity contribution >= 4 is 44.0 Å². The minimum absolute atomic E-state index is 0.0256. The summed E-state index contributed by atoms with van der Waals surface area (Å²) in [5.41, 5.74) is 3.34. The molecule has 3 aromatic heterocycles. The van der Waals surface area contributed by atoms with Crippen LogP contribution in [0.2, 0.25) is 0 Å². The molecular weight excluding hydrogens is 861 g/mol. The fourth-order valence-corrected chi connectivity index (χ4v) is 12.3. The lowest BCUT2D eigenvalue weighted by Crippen LogP contribution is -2.54. The van der Waals surface area contributed by atoms with Gasteiger partial charge < -0.3 is 29.8 Å². The molecule has 2 saturated carbocycles. The van der Waals surface area contributed by atoms with E-state index in [9.17, 15) is 28.4 Å². The van der Waals surface area contributed by atoms with Gasteiger partial charge in [0.15, 0.2) is 10.7 Å². The summed E-state index contributed by atoms with van der Waals surface area (Å²) in [6.45, 7) is 9.26. The van der Waals surface area contributed by atoms with Crippen LogP contribution >= 0.6 is 0 Å². The van der Waals surface area contributed by atoms with Crippen LogP contribution in [0.1, 0.15) is 118 Å². The molecule has 348 valence electrons. The number of nitrogens with one attached hydrogen (secondary N) is 3. The summed E-state index contributed by atoms with van der Waals surface area (Å²) in [7, 11) is -4.77. The number of aromatic amines is 1. The number of rotatable bonds is 11. The van der Waals surface area contributed by atoms with E-state index < -0.39 is 37.2 Å². The Morgan fingerprint density at radius 2 is 1.80 bits per heavy atom. The SMILES string of the molecule is CC(C)c1ccccc1[C@H]1CCCN1C1CC2(CCN(c3ccc(C(=O)NS(=O)(=O)c4cc([N+](=O)[O-])c5c(n4)OC[C@H]([C@H]4CC[C@@](C)(O)CC4)N5)c(Oc4cnc5[nH]ccc5c4)c3)CC2)C1. The van der Waals surface area contributed by atoms with Crippen molar-refractivity contribution < 1.29 is 32.7 Å². The normalized spacial score (nSPS) is 24.4. The van der Waals surface area contributed by atoms with E-state index >= 15 is 0 Å². The van der Waals surface area contributed by atoms with Crippen molar-refractivity contribution in [2.45, 2.75) is 120 Å². The number of nitrogens with zero attached hydrogens (tertiary/aromatic N) is 5. The average Bonchev–Trinajstić information content (AvgIpc) is 3.98. The van der Waals surface area contributed by atoms with E-state index in [-0.39, 0.29) is 46.9 Å². The number of anilines is 2. The Hall–Kier alpha value is -5.78. The number of H-pyrrole nitrogens is 1. The zero-order valence-corrected chi connectivity index (χ0v) is 38.5. The lowest BCUT2D eigenvalue weighted by Gasteiger charge is -2.56. The number of aliphatic hydroxyl groups is 1. The average molecular weight is 919 g/mol. The van der Waals surface area contributed by atoms with Gasteiger partial charge in [0.1, 0.15) is 23.8 Å². The second kappa shape index (κ2) is 17.1. The van der Waals surface area contributed by atoms with Crippen LogP contribution in [0.5, 0.6) is 17.4 Å². The number of ether oxygens (including phenoxy) is 2. The van der Waals surface area contributed by atoms with Gasteiger partial charge in [-0.3, -0.25) is 19.8 Å². The molecule has 2 aromatic carbocycles. The van der Waals surface area contributed by atoms with Crippen molar-refractivity contribution in [3.8, 4) is 17.4 Å². The summed E-state index contributed by atoms with van der Waals surface area (Å²) < 4.78 is 42.1. The van der Waals surface area contributed by atoms with Crippen molar-refractivity contribution in [1.82, 2.24) is 24.6 Å². The third-order valence-corrected chi connectivity index (χ3v) is 16.3. The van der Waals surface area contributed by atoms with Gasteiger partial charge in [0.25, 0.3) is 15.9 Å². The number of hydrogen-bond donors (Lipinski definition) is 4. The van der Waals surface area contributed by atoms with Crippen LogP contribution in [0.25, 0.3) is 11.0 Å². The van der Waals surface area contributed by atoms with Gasteiger partial charge in [-0.2, -0.15) is 13.4 Å². The predicted molar refractivity (Wildman–Crippen MR) is 250 cm³/mol. The number of fused-ring (bicyclic) bond motifs is 2. The molecule has 1 spiro atoms. The quantitative estimate of drug-likeness (QED) is 0.0725. The van der Waals surface area contributed by atoms with Crippen molar-refractivity contribution in [2.75, 3.05) is 36.5 Å². The second-order valence-electron chi connectivity index (χ2n) is 19.8. The smallest absolute Gasteiger partial charge is 0.300 e. The third kappa shape index (κ3) is 8.56. The summed E-state index contributed by atoms with van der Waals surface area (Å²) in [5.74, 6) is -0.213. The molecule has 10 rings (SSSR count). The Morgan fingerprint density at radius 1 is 1.03 bits per heavy atom. The van der Waals surface area contributed by atoms with Gasteiger partial charge in [-0.25, -0.2) is 9.71 Å². The Morgan fingerprint density at radius 3 is 2.56 bits per heavy atom. The topological polar surface area (TPSA) is 205 Å². The molecule has 3 aliphatic heterocycles. The summed E-state index contributed by atoms with van der Waals surface area (Å²) in [6.07, 6.45) is 12.7. The number of pyridine rings is 2. The minimum Gasteiger partial charge on any atom is -0.474 e. The van der Waals surface area contributed by atoms with Crippen molar-refractivity contribution in [2.24, 2.45) is 11.3 Å². The lowest BCUT2D eigenvalue weighted by molar-refractivity contribution is -0.384. The fourth-order valence-electron chi connectivity index (χ4n) is 11.4. The van der Waals surface area contributed by atoms with Crippen LogP contribution in [0.15, 0.2) is 78.1 Å². The zero-order valence-electron chi connectivity index (χ0n) is 37.7. The first-order valence-corrected chi connectivity index (χ1v) is 24.9. The van der Waals surface area contributed by atoms with Crippen LogP contribution < -0.4 is 24.4 Å². The molecular formula is C49H58N8O8S. The molecule has 4 N–H and O–H groups in total. The minimum atomic E-state index is -4.77. The number of amides is 1. The Bertz CT molecular complexity index is 2770. The maximum atomic E-state index is 14.1. The highest BCUT2D eigenvalue weighted by Crippen LogP contribution is 2.54. The van der Waals surface area contributed by atoms with Crippen molar-refractivity contribution in [3.63, 3.8) is 0 Å². The molecule has 2 aliphatic carbocycles. The van der Waals surface area contributed by atoms with Gasteiger partial charge in [0, 0.05) is 48.5 Å². The molecule has 0 radical (unpaired) electrons. The third-order valence-electron chi connectivity index (χ3n) is 15.1. The molecule has 0 bridgehead atoms. The van der Waals surface area contributed by atoms with E-state index in [1.807, 2.05) is 6.07 Å². The van der Waals surface area contributed by atoms with E-state index in [2.05, 4.69) is 72.9 Å². The van der Waals surface area contributed by atoms with Crippen LogP contribution in [-0.2, 0) is 10.0 Å². The number of nitro groups is 1. The zero-order chi connectivity index (χ0) is 46.0. The van der Waals surface area contributed by atoms with Crippen molar-refractivity contribution in [3.05, 3.63) is 99.9 Å². The van der Waals surface area contributed by atoms with Crippen LogP contribution in [0.4, 0.5) is 17.1 Å². The van der Waals surface area contributed by atoms with Crippen molar-refractivity contribution in [1.29, 1.82) is 0 Å². The molecule has 5 aromatic rings. The van der Waals surface area contributed by atoms with Crippen LogP contribution in [-0.4, -0.2) is 88.1 Å². The highest BCUT2D eigenvalue weighted by molar-refractivity contribution is 7.90. The molecule has 1 amide bonds. The van der Waals surface area contributed by atoms with E-state index in [0.717, 1.165) is 49.6 Å². The van der Waals surface area contributed by atoms with E-state index in [0.29, 0.717) is 55.1 Å². The van der Waals surface area contributed by atoms with E-state index in [1.165, 1.54) is 43.0 Å². The first kappa shape index (κ1) is 44.1. The maximum absolute atomic E-state index is 14.1. The predicted octanol–water partition coefficient (Wildman–Crippen LogP) is 8.60. The highest BCUT2D eigenvalue weighted by atomic mass is 32.2. The molecule has 4 fully saturated rings. The Labute approximate surface area is 384 Å². The molecule has 6 heterocycles. The molecule has 66 heavy (non-hydrogen) atoms. The Balaban J connectivity index is 0.855. The number of aromatic nitrogens is 3. The number of sulfonamides is 1. The number of piperidine rings is 1. The van der Waals surface area contributed by atoms with Crippen LogP contribution in [0.3, 0.4) is 0 Å². The molecule has 16 nitrogen and oxygen atoms in total. The van der Waals surface area contributed by atoms with Gasteiger partial charge in [-0.05, 0) is 130 Å². The number of likely N-dealkylation sites (tertiary alicyclic amines) is 1. The van der Waals surface area contributed by atoms with Gasteiger partial charge in [0.05, 0.1) is 34.4 Å². The molecule has 2 atom stereocenters. The molecule has 5 aliphatic rings. The number of hydrogen-bond acceptors (Lipinski definition) is 13. The number of carbonyl (C=O) groups excluding carboxylic acids is 1. The maximum Gasteiger partial charge on any atom is 0.300 e. The second-order valence-corrected chi connectivity index (χ2v) is 21.5. The summed E-state index contributed by atoms with van der Waals surface area (Å²) in [6, 6.07) is 19.3. The molecule has 17 heteroatoms. The van der Waals surface area contributed by atoms with Gasteiger partial charge in [-0.15, -0.1) is 0 Å². The van der Waals surface area contributed by atoms with Gasteiger partial charge in [0.2, 0.25) is 5.88 Å². The first-order valence-electron chi connectivity index (χ1n) is 23.4. The summed E-state index contributed by atoms with van der Waals surface area (Å²) in [4.78, 5) is 42.5. The Kier molecular flexibility index (Phi) is 11.4. The van der Waals surface area contributed by atoms with E-state index in [1.54, 1.807) is 37.4 Å². The lowest BCUT2D eigenvalue weighted by atomic mass is 9.59. The highest BCUT2D eigenvalue weighted by Gasteiger charge is 2.50. The molecule has 2 saturated heterocycles. The largest absolute Gasteiger partial charge is 0.474 e.